The van der Waals surface area contributed by atoms with Crippen LogP contribution in [-0.2, 0) is 20.2 Å². The van der Waals surface area contributed by atoms with E-state index >= 15 is 0 Å². The summed E-state index contributed by atoms with van der Waals surface area (Å²) in [6.07, 6.45) is 1.77. The largest absolute Gasteiger partial charge is 0.379 e. The average Bonchev–Trinajstić information content (AvgIpc) is 3.54. The van der Waals surface area contributed by atoms with Crippen molar-refractivity contribution in [1.29, 1.82) is 0 Å². The molecule has 2 aromatic carbocycles. The summed E-state index contributed by atoms with van der Waals surface area (Å²) in [6, 6.07) is 10.4. The monoisotopic (exact) mass is 452 g/mol. The van der Waals surface area contributed by atoms with Gasteiger partial charge in [-0.05, 0) is 48.7 Å². The van der Waals surface area contributed by atoms with E-state index in [-0.39, 0.29) is 39.8 Å². The Morgan fingerprint density at radius 3 is 2.43 bits per heavy atom. The molecule has 1 amide bonds. The summed E-state index contributed by atoms with van der Waals surface area (Å²) in [5, 5.41) is 3.05. The number of benzene rings is 2. The molecule has 0 bridgehead atoms. The summed E-state index contributed by atoms with van der Waals surface area (Å²) < 4.78 is 45.5. The van der Waals surface area contributed by atoms with Gasteiger partial charge in [0.25, 0.3) is 5.91 Å². The number of hydrogen-bond donors (Lipinski definition) is 1. The predicted molar refractivity (Wildman–Crippen MR) is 111 cm³/mol. The highest BCUT2D eigenvalue weighted by Crippen LogP contribution is 2.47. The second-order valence-electron chi connectivity index (χ2n) is 7.63. The van der Waals surface area contributed by atoms with Gasteiger partial charge in [-0.15, -0.1) is 0 Å². The van der Waals surface area contributed by atoms with Gasteiger partial charge < -0.3 is 10.1 Å². The van der Waals surface area contributed by atoms with Crippen molar-refractivity contribution < 1.29 is 22.3 Å². The highest BCUT2D eigenvalue weighted by Gasteiger charge is 2.44. The summed E-state index contributed by atoms with van der Waals surface area (Å²) in [6.45, 7) is 1.59. The number of nitrogens with one attached hydrogen (secondary N) is 1. The Hall–Kier alpha value is -2.00. The van der Waals surface area contributed by atoms with Gasteiger partial charge in [-0.3, -0.25) is 4.79 Å². The quantitative estimate of drug-likeness (QED) is 0.731. The summed E-state index contributed by atoms with van der Waals surface area (Å²) >= 11 is 6.20. The maximum absolute atomic E-state index is 13.2. The van der Waals surface area contributed by atoms with E-state index in [0.717, 1.165) is 18.4 Å². The van der Waals surface area contributed by atoms with Crippen molar-refractivity contribution in [2.75, 3.05) is 32.8 Å². The van der Waals surface area contributed by atoms with Gasteiger partial charge in [0.1, 0.15) is 5.82 Å². The van der Waals surface area contributed by atoms with Crippen LogP contribution in [0.3, 0.4) is 0 Å². The third kappa shape index (κ3) is 4.23. The molecule has 6 nitrogen and oxygen atoms in total. The number of ether oxygens (including phenoxy) is 1. The van der Waals surface area contributed by atoms with Crippen LogP contribution in [-0.4, -0.2) is 51.5 Å². The molecule has 9 heteroatoms. The van der Waals surface area contributed by atoms with Crippen LogP contribution >= 0.6 is 11.6 Å². The number of morpholine rings is 1. The van der Waals surface area contributed by atoms with E-state index < -0.39 is 15.9 Å². The predicted octanol–water partition coefficient (Wildman–Crippen LogP) is 2.96. The molecule has 0 radical (unpaired) electrons. The maximum Gasteiger partial charge on any atom is 0.252 e. The smallest absolute Gasteiger partial charge is 0.252 e. The topological polar surface area (TPSA) is 75.7 Å². The molecule has 0 unspecified atom stereocenters. The van der Waals surface area contributed by atoms with E-state index in [1.807, 2.05) is 0 Å². The van der Waals surface area contributed by atoms with Crippen molar-refractivity contribution in [3.05, 3.63) is 64.4 Å². The number of sulfonamides is 1. The van der Waals surface area contributed by atoms with E-state index in [4.69, 9.17) is 16.3 Å². The zero-order chi connectivity index (χ0) is 21.4. The first-order chi connectivity index (χ1) is 14.3. The lowest BCUT2D eigenvalue weighted by Crippen LogP contribution is -2.40. The Labute approximate surface area is 180 Å². The molecular weight excluding hydrogens is 431 g/mol. The van der Waals surface area contributed by atoms with Crippen molar-refractivity contribution in [2.24, 2.45) is 0 Å². The van der Waals surface area contributed by atoms with Crippen LogP contribution in [0.2, 0.25) is 5.02 Å². The molecule has 2 fully saturated rings. The first-order valence-electron chi connectivity index (χ1n) is 9.74. The average molecular weight is 453 g/mol. The maximum atomic E-state index is 13.2. The van der Waals surface area contributed by atoms with Crippen molar-refractivity contribution in [2.45, 2.75) is 23.2 Å². The molecule has 2 aliphatic rings. The van der Waals surface area contributed by atoms with Gasteiger partial charge in [-0.1, -0.05) is 23.7 Å². The Morgan fingerprint density at radius 2 is 1.80 bits per heavy atom. The van der Waals surface area contributed by atoms with Crippen LogP contribution in [0, 0.1) is 5.82 Å². The molecular formula is C21H22ClFN2O4S. The number of carbonyl (C=O) groups excluding carboxylic acids is 1. The van der Waals surface area contributed by atoms with Crippen molar-refractivity contribution in [3.8, 4) is 0 Å². The van der Waals surface area contributed by atoms with E-state index in [1.54, 1.807) is 12.1 Å². The fourth-order valence-corrected chi connectivity index (χ4v) is 5.28. The third-order valence-corrected chi connectivity index (χ3v) is 7.91. The van der Waals surface area contributed by atoms with Crippen LogP contribution in [0.5, 0.6) is 0 Å². The molecule has 0 aromatic heterocycles. The van der Waals surface area contributed by atoms with E-state index in [9.17, 15) is 17.6 Å². The lowest BCUT2D eigenvalue weighted by atomic mass is 9.96. The number of rotatable bonds is 6. The van der Waals surface area contributed by atoms with Gasteiger partial charge >= 0.3 is 0 Å². The fraction of sp³-hybridized carbons (Fsp3) is 0.381. The number of carbonyl (C=O) groups is 1. The third-order valence-electron chi connectivity index (χ3n) is 5.69. The molecule has 4 rings (SSSR count). The van der Waals surface area contributed by atoms with Crippen LogP contribution < -0.4 is 5.32 Å². The van der Waals surface area contributed by atoms with Gasteiger partial charge in [0.2, 0.25) is 10.0 Å². The van der Waals surface area contributed by atoms with Crippen LogP contribution in [0.1, 0.15) is 28.8 Å². The Balaban J connectivity index is 1.50. The minimum atomic E-state index is -3.73. The highest BCUT2D eigenvalue weighted by molar-refractivity contribution is 7.89. The van der Waals surface area contributed by atoms with Crippen molar-refractivity contribution in [3.63, 3.8) is 0 Å². The van der Waals surface area contributed by atoms with E-state index in [2.05, 4.69) is 5.32 Å². The molecule has 1 aliphatic heterocycles. The molecule has 1 saturated carbocycles. The molecule has 0 atom stereocenters. The van der Waals surface area contributed by atoms with Crippen molar-refractivity contribution >= 4 is 27.5 Å². The minimum absolute atomic E-state index is 0.0265. The van der Waals surface area contributed by atoms with Crippen LogP contribution in [0.25, 0.3) is 0 Å². The molecule has 0 spiro atoms. The zero-order valence-corrected chi connectivity index (χ0v) is 17.8. The number of halogens is 2. The highest BCUT2D eigenvalue weighted by atomic mass is 35.5. The zero-order valence-electron chi connectivity index (χ0n) is 16.2. The fourth-order valence-electron chi connectivity index (χ4n) is 3.64. The SMILES string of the molecule is O=C(NCC1(c2ccc(F)cc2)CC1)c1cc(S(=O)(=O)N2CCOCC2)ccc1Cl. The summed E-state index contributed by atoms with van der Waals surface area (Å²) in [4.78, 5) is 12.8. The van der Waals surface area contributed by atoms with E-state index in [0.29, 0.717) is 19.8 Å². The molecule has 30 heavy (non-hydrogen) atoms. The molecule has 1 heterocycles. The molecule has 160 valence electrons. The standard InChI is InChI=1S/C21H22ClFN2O4S/c22-19-6-5-17(30(27,28)25-9-11-29-12-10-25)13-18(19)20(26)24-14-21(7-8-21)15-1-3-16(23)4-2-15/h1-6,13H,7-12,14H2,(H,24,26). The number of nitrogens with zero attached hydrogens (tertiary/aromatic N) is 1. The van der Waals surface area contributed by atoms with Crippen molar-refractivity contribution in [1.82, 2.24) is 9.62 Å². The number of amides is 1. The normalized spacial score (nSPS) is 18.7. The summed E-state index contributed by atoms with van der Waals surface area (Å²) in [7, 11) is -3.73. The molecule has 2 aromatic rings. The van der Waals surface area contributed by atoms with Gasteiger partial charge in [0, 0.05) is 25.0 Å². The summed E-state index contributed by atoms with van der Waals surface area (Å²) in [5.41, 5.74) is 0.868. The lowest BCUT2D eigenvalue weighted by Gasteiger charge is -2.26. The van der Waals surface area contributed by atoms with Gasteiger partial charge in [-0.25, -0.2) is 12.8 Å². The first kappa shape index (κ1) is 21.2. The van der Waals surface area contributed by atoms with E-state index in [1.165, 1.54) is 34.6 Å². The Morgan fingerprint density at radius 1 is 1.13 bits per heavy atom. The second kappa shape index (κ2) is 8.26. The first-order valence-corrected chi connectivity index (χ1v) is 11.6. The van der Waals surface area contributed by atoms with Gasteiger partial charge in [-0.2, -0.15) is 4.31 Å². The molecule has 1 saturated heterocycles. The Bertz CT molecular complexity index is 1050. The second-order valence-corrected chi connectivity index (χ2v) is 9.97. The van der Waals surface area contributed by atoms with Crippen LogP contribution in [0.4, 0.5) is 4.39 Å². The minimum Gasteiger partial charge on any atom is -0.379 e. The van der Waals surface area contributed by atoms with Crippen LogP contribution in [0.15, 0.2) is 47.4 Å². The van der Waals surface area contributed by atoms with Gasteiger partial charge in [0.05, 0.1) is 28.7 Å². The number of hydrogen-bond acceptors (Lipinski definition) is 4. The lowest BCUT2D eigenvalue weighted by molar-refractivity contribution is 0.0730. The molecule has 1 N–H and O–H groups in total. The Kier molecular flexibility index (Phi) is 5.85. The molecule has 1 aliphatic carbocycles. The summed E-state index contributed by atoms with van der Waals surface area (Å²) in [5.74, 6) is -0.740. The van der Waals surface area contributed by atoms with Gasteiger partial charge in [0.15, 0.2) is 0 Å².